The van der Waals surface area contributed by atoms with Crippen LogP contribution < -0.4 is 10.6 Å². The Kier molecular flexibility index (Phi) is 4.37. The van der Waals surface area contributed by atoms with E-state index in [4.69, 9.17) is 10.9 Å². The van der Waals surface area contributed by atoms with Gasteiger partial charge in [-0.3, -0.25) is 0 Å². The van der Waals surface area contributed by atoms with Crippen LogP contribution in [0.5, 0.6) is 0 Å². The fraction of sp³-hybridized carbons (Fsp3) is 0.462. The van der Waals surface area contributed by atoms with Crippen molar-refractivity contribution < 1.29 is 5.21 Å². The Morgan fingerprint density at radius 3 is 2.65 bits per heavy atom. The predicted molar refractivity (Wildman–Crippen MR) is 71.8 cm³/mol. The van der Waals surface area contributed by atoms with E-state index in [1.54, 1.807) is 0 Å². The van der Waals surface area contributed by atoms with Crippen molar-refractivity contribution >= 4 is 11.5 Å². The number of nitrogens with zero attached hydrogens (tertiary/aromatic N) is 2. The van der Waals surface area contributed by atoms with Crippen molar-refractivity contribution in [1.82, 2.24) is 0 Å². The normalized spacial score (nSPS) is 11.9. The van der Waals surface area contributed by atoms with E-state index in [0.717, 1.165) is 23.4 Å². The third-order valence-corrected chi connectivity index (χ3v) is 2.59. The van der Waals surface area contributed by atoms with Crippen molar-refractivity contribution in [2.45, 2.75) is 20.8 Å². The third-order valence-electron chi connectivity index (χ3n) is 2.59. The van der Waals surface area contributed by atoms with Gasteiger partial charge in [-0.15, -0.1) is 0 Å². The lowest BCUT2D eigenvalue weighted by molar-refractivity contribution is 0.318. The molecule has 0 heterocycles. The van der Waals surface area contributed by atoms with Gasteiger partial charge in [0, 0.05) is 24.8 Å². The Morgan fingerprint density at radius 1 is 1.47 bits per heavy atom. The molecule has 0 saturated carbocycles. The molecule has 0 atom stereocenters. The molecular formula is C13H21N3O. The molecule has 0 amide bonds. The van der Waals surface area contributed by atoms with Crippen LogP contribution in [0.2, 0.25) is 0 Å². The van der Waals surface area contributed by atoms with Crippen LogP contribution in [0.15, 0.2) is 23.4 Å². The van der Waals surface area contributed by atoms with Gasteiger partial charge < -0.3 is 15.8 Å². The number of amidine groups is 1. The highest BCUT2D eigenvalue weighted by atomic mass is 16.4. The summed E-state index contributed by atoms with van der Waals surface area (Å²) >= 11 is 0. The van der Waals surface area contributed by atoms with E-state index in [9.17, 15) is 0 Å². The van der Waals surface area contributed by atoms with Gasteiger partial charge in [-0.1, -0.05) is 30.6 Å². The smallest absolute Gasteiger partial charge is 0.172 e. The van der Waals surface area contributed by atoms with Crippen molar-refractivity contribution in [3.63, 3.8) is 0 Å². The van der Waals surface area contributed by atoms with Crippen LogP contribution in [0.1, 0.15) is 25.0 Å². The van der Waals surface area contributed by atoms with Crippen molar-refractivity contribution in [3.05, 3.63) is 29.3 Å². The summed E-state index contributed by atoms with van der Waals surface area (Å²) in [5.41, 5.74) is 8.56. The van der Waals surface area contributed by atoms with E-state index < -0.39 is 0 Å². The summed E-state index contributed by atoms with van der Waals surface area (Å²) in [5, 5.41) is 11.9. The van der Waals surface area contributed by atoms with Crippen LogP contribution in [0.3, 0.4) is 0 Å². The SMILES string of the molecule is Cc1ccc(N(C)CC(C)C)c(/C(N)=N/O)c1. The van der Waals surface area contributed by atoms with Gasteiger partial charge in [-0.25, -0.2) is 0 Å². The Labute approximate surface area is 103 Å². The lowest BCUT2D eigenvalue weighted by Gasteiger charge is -2.24. The molecule has 3 N–H and O–H groups in total. The monoisotopic (exact) mass is 235 g/mol. The van der Waals surface area contributed by atoms with E-state index in [1.807, 2.05) is 32.2 Å². The van der Waals surface area contributed by atoms with Crippen LogP contribution in [0, 0.1) is 12.8 Å². The van der Waals surface area contributed by atoms with Crippen LogP contribution in [-0.2, 0) is 0 Å². The van der Waals surface area contributed by atoms with Gasteiger partial charge >= 0.3 is 0 Å². The fourth-order valence-electron chi connectivity index (χ4n) is 1.89. The first-order chi connectivity index (χ1) is 7.95. The van der Waals surface area contributed by atoms with E-state index in [1.165, 1.54) is 0 Å². The van der Waals surface area contributed by atoms with Crippen LogP contribution in [-0.4, -0.2) is 24.6 Å². The first kappa shape index (κ1) is 13.4. The Balaban J connectivity index is 3.14. The second-order valence-electron chi connectivity index (χ2n) is 4.78. The lowest BCUT2D eigenvalue weighted by Crippen LogP contribution is -2.26. The Hall–Kier alpha value is -1.71. The van der Waals surface area contributed by atoms with Gasteiger partial charge in [0.25, 0.3) is 0 Å². The number of oxime groups is 1. The summed E-state index contributed by atoms with van der Waals surface area (Å²) in [6.45, 7) is 7.23. The molecule has 0 unspecified atom stereocenters. The summed E-state index contributed by atoms with van der Waals surface area (Å²) in [6, 6.07) is 5.96. The van der Waals surface area contributed by atoms with Crippen LogP contribution in [0.4, 0.5) is 5.69 Å². The van der Waals surface area contributed by atoms with Crippen LogP contribution in [0.25, 0.3) is 0 Å². The molecule has 0 fully saturated rings. The molecule has 0 radical (unpaired) electrons. The summed E-state index contributed by atoms with van der Waals surface area (Å²) in [4.78, 5) is 2.12. The minimum absolute atomic E-state index is 0.152. The zero-order valence-corrected chi connectivity index (χ0v) is 10.9. The molecule has 4 heteroatoms. The van der Waals surface area contributed by atoms with E-state index in [-0.39, 0.29) is 5.84 Å². The number of aryl methyl sites for hydroxylation is 1. The highest BCUT2D eigenvalue weighted by Crippen LogP contribution is 2.21. The number of anilines is 1. The van der Waals surface area contributed by atoms with Gasteiger partial charge in [0.1, 0.15) is 0 Å². The Bertz CT molecular complexity index is 413. The van der Waals surface area contributed by atoms with E-state index in [2.05, 4.69) is 23.9 Å². The molecule has 0 bridgehead atoms. The van der Waals surface area contributed by atoms with Gasteiger partial charge in [-0.2, -0.15) is 0 Å². The van der Waals surface area contributed by atoms with Crippen molar-refractivity contribution in [2.24, 2.45) is 16.8 Å². The summed E-state index contributed by atoms with van der Waals surface area (Å²) < 4.78 is 0. The molecule has 4 nitrogen and oxygen atoms in total. The summed E-state index contributed by atoms with van der Waals surface area (Å²) in [5.74, 6) is 0.709. The van der Waals surface area contributed by atoms with Crippen molar-refractivity contribution in [2.75, 3.05) is 18.5 Å². The summed E-state index contributed by atoms with van der Waals surface area (Å²) in [6.07, 6.45) is 0. The average Bonchev–Trinajstić information content (AvgIpc) is 2.26. The van der Waals surface area contributed by atoms with Crippen molar-refractivity contribution in [3.8, 4) is 0 Å². The fourth-order valence-corrected chi connectivity index (χ4v) is 1.89. The molecule has 0 saturated heterocycles. The zero-order chi connectivity index (χ0) is 13.0. The highest BCUT2D eigenvalue weighted by Gasteiger charge is 2.12. The van der Waals surface area contributed by atoms with E-state index in [0.29, 0.717) is 5.92 Å². The highest BCUT2D eigenvalue weighted by molar-refractivity contribution is 6.02. The quantitative estimate of drug-likeness (QED) is 0.364. The van der Waals surface area contributed by atoms with Crippen LogP contribution >= 0.6 is 0 Å². The first-order valence-electron chi connectivity index (χ1n) is 5.75. The molecule has 0 aromatic heterocycles. The molecular weight excluding hydrogens is 214 g/mol. The van der Waals surface area contributed by atoms with Gasteiger partial charge in [0.2, 0.25) is 0 Å². The molecule has 0 aliphatic heterocycles. The Morgan fingerprint density at radius 2 is 2.12 bits per heavy atom. The van der Waals surface area contributed by atoms with Gasteiger partial charge in [-0.05, 0) is 25.0 Å². The number of benzene rings is 1. The standard InChI is InChI=1S/C13H21N3O/c1-9(2)8-16(4)12-6-5-10(3)7-11(12)13(14)15-17/h5-7,9,17H,8H2,1-4H3,(H2,14,15). The molecule has 17 heavy (non-hydrogen) atoms. The largest absolute Gasteiger partial charge is 0.409 e. The third kappa shape index (κ3) is 3.37. The molecule has 0 aliphatic rings. The summed E-state index contributed by atoms with van der Waals surface area (Å²) in [7, 11) is 2.01. The lowest BCUT2D eigenvalue weighted by atomic mass is 10.1. The maximum absolute atomic E-state index is 8.81. The number of rotatable bonds is 4. The maximum Gasteiger partial charge on any atom is 0.172 e. The predicted octanol–water partition coefficient (Wildman–Crippen LogP) is 2.18. The second kappa shape index (κ2) is 5.57. The number of hydrogen-bond acceptors (Lipinski definition) is 3. The second-order valence-corrected chi connectivity index (χ2v) is 4.78. The van der Waals surface area contributed by atoms with Gasteiger partial charge in [0.05, 0.1) is 0 Å². The number of hydrogen-bond donors (Lipinski definition) is 2. The zero-order valence-electron chi connectivity index (χ0n) is 10.9. The van der Waals surface area contributed by atoms with Crippen molar-refractivity contribution in [1.29, 1.82) is 0 Å². The van der Waals surface area contributed by atoms with E-state index >= 15 is 0 Å². The molecule has 1 aromatic rings. The van der Waals surface area contributed by atoms with Gasteiger partial charge in [0.15, 0.2) is 5.84 Å². The average molecular weight is 235 g/mol. The number of nitrogens with two attached hydrogens (primary N) is 1. The molecule has 0 aliphatic carbocycles. The molecule has 1 aromatic carbocycles. The minimum atomic E-state index is 0.152. The minimum Gasteiger partial charge on any atom is -0.409 e. The topological polar surface area (TPSA) is 61.8 Å². The molecule has 94 valence electrons. The maximum atomic E-state index is 8.81. The molecule has 1 rings (SSSR count). The molecule has 0 spiro atoms. The first-order valence-corrected chi connectivity index (χ1v) is 5.75.